The molecule has 92 valence electrons. The van der Waals surface area contributed by atoms with E-state index in [1.807, 2.05) is 4.68 Å². The third-order valence-corrected chi connectivity index (χ3v) is 2.61. The van der Waals surface area contributed by atoms with E-state index < -0.39 is 0 Å². The molecule has 0 atom stereocenters. The van der Waals surface area contributed by atoms with Gasteiger partial charge in [0.05, 0.1) is 12.1 Å². The van der Waals surface area contributed by atoms with Gasteiger partial charge in [-0.1, -0.05) is 6.92 Å². The normalized spacial score (nSPS) is 12.0. The third kappa shape index (κ3) is 4.28. The summed E-state index contributed by atoms with van der Waals surface area (Å²) >= 11 is 0. The van der Waals surface area contributed by atoms with Gasteiger partial charge >= 0.3 is 0 Å². The Kier molecular flexibility index (Phi) is 4.89. The zero-order chi connectivity index (χ0) is 12.0. The molecule has 1 N–H and O–H groups in total. The van der Waals surface area contributed by atoms with Crippen molar-refractivity contribution >= 4 is 0 Å². The van der Waals surface area contributed by atoms with Crippen LogP contribution < -0.4 is 5.32 Å². The summed E-state index contributed by atoms with van der Waals surface area (Å²) in [4.78, 5) is 4.23. The molecular formula is C11H22N4O. The molecule has 0 spiro atoms. The van der Waals surface area contributed by atoms with Crippen LogP contribution in [-0.4, -0.2) is 34.0 Å². The van der Waals surface area contributed by atoms with E-state index in [0.717, 1.165) is 31.9 Å². The van der Waals surface area contributed by atoms with Crippen LogP contribution >= 0.6 is 0 Å². The maximum Gasteiger partial charge on any atom is 0.164 e. The Hall–Kier alpha value is -0.940. The fourth-order valence-electron chi connectivity index (χ4n) is 1.24. The summed E-state index contributed by atoms with van der Waals surface area (Å²) in [6.45, 7) is 8.72. The van der Waals surface area contributed by atoms with Gasteiger partial charge in [0.15, 0.2) is 5.82 Å². The minimum absolute atomic E-state index is 0.103. The van der Waals surface area contributed by atoms with E-state index >= 15 is 0 Å². The molecule has 0 aliphatic rings. The standard InChI is InChI=1S/C11H22N4O/c1-5-12-8-10-13-9-15(14-10)7-6-11(2,3)16-4/h9,12H,5-8H2,1-4H3. The molecule has 0 saturated heterocycles. The Morgan fingerprint density at radius 3 is 2.88 bits per heavy atom. The lowest BCUT2D eigenvalue weighted by atomic mass is 10.1. The third-order valence-electron chi connectivity index (χ3n) is 2.61. The number of rotatable bonds is 7. The predicted octanol–water partition coefficient (Wildman–Crippen LogP) is 1.20. The summed E-state index contributed by atoms with van der Waals surface area (Å²) in [5, 5.41) is 7.57. The van der Waals surface area contributed by atoms with E-state index in [0.29, 0.717) is 0 Å². The van der Waals surface area contributed by atoms with Crippen molar-refractivity contribution in [3.05, 3.63) is 12.2 Å². The van der Waals surface area contributed by atoms with Crippen LogP contribution in [0.15, 0.2) is 6.33 Å². The maximum atomic E-state index is 5.36. The molecule has 1 aromatic rings. The van der Waals surface area contributed by atoms with E-state index in [-0.39, 0.29) is 5.60 Å². The highest BCUT2D eigenvalue weighted by Crippen LogP contribution is 2.13. The molecule has 0 aliphatic carbocycles. The maximum absolute atomic E-state index is 5.36. The topological polar surface area (TPSA) is 52.0 Å². The summed E-state index contributed by atoms with van der Waals surface area (Å²) < 4.78 is 7.23. The number of nitrogens with zero attached hydrogens (tertiary/aromatic N) is 3. The van der Waals surface area contributed by atoms with Crippen molar-refractivity contribution in [2.75, 3.05) is 13.7 Å². The quantitative estimate of drug-likeness (QED) is 0.759. The molecule has 1 heterocycles. The molecule has 0 fully saturated rings. The van der Waals surface area contributed by atoms with Crippen LogP contribution in [0.25, 0.3) is 0 Å². The van der Waals surface area contributed by atoms with Crippen molar-refractivity contribution in [1.82, 2.24) is 20.1 Å². The Morgan fingerprint density at radius 2 is 2.25 bits per heavy atom. The first-order valence-electron chi connectivity index (χ1n) is 5.71. The number of aromatic nitrogens is 3. The predicted molar refractivity (Wildman–Crippen MR) is 63.1 cm³/mol. The molecule has 5 nitrogen and oxygen atoms in total. The molecule has 16 heavy (non-hydrogen) atoms. The van der Waals surface area contributed by atoms with Gasteiger partial charge in [0.2, 0.25) is 0 Å². The molecule has 0 radical (unpaired) electrons. The van der Waals surface area contributed by atoms with Gasteiger partial charge in [0, 0.05) is 13.7 Å². The molecule has 5 heteroatoms. The lowest BCUT2D eigenvalue weighted by Gasteiger charge is -2.22. The highest BCUT2D eigenvalue weighted by atomic mass is 16.5. The molecule has 1 rings (SSSR count). The van der Waals surface area contributed by atoms with Gasteiger partial charge in [0.25, 0.3) is 0 Å². The smallest absolute Gasteiger partial charge is 0.164 e. The lowest BCUT2D eigenvalue weighted by molar-refractivity contribution is 0.0113. The average Bonchev–Trinajstić information content (AvgIpc) is 2.72. The average molecular weight is 226 g/mol. The second kappa shape index (κ2) is 5.96. The number of aryl methyl sites for hydroxylation is 1. The van der Waals surface area contributed by atoms with Gasteiger partial charge in [-0.15, -0.1) is 0 Å². The Morgan fingerprint density at radius 1 is 1.50 bits per heavy atom. The number of ether oxygens (including phenoxy) is 1. The summed E-state index contributed by atoms with van der Waals surface area (Å²) in [5.41, 5.74) is -0.103. The highest BCUT2D eigenvalue weighted by Gasteiger charge is 2.16. The summed E-state index contributed by atoms with van der Waals surface area (Å²) in [6.07, 6.45) is 2.70. The SMILES string of the molecule is CCNCc1ncn(CCC(C)(C)OC)n1. The molecule has 1 aromatic heterocycles. The van der Waals surface area contributed by atoms with Crippen LogP contribution in [0, 0.1) is 0 Å². The zero-order valence-electron chi connectivity index (χ0n) is 10.7. The number of hydrogen-bond acceptors (Lipinski definition) is 4. The minimum Gasteiger partial charge on any atom is -0.379 e. The van der Waals surface area contributed by atoms with Crippen LogP contribution in [0.1, 0.15) is 33.0 Å². The van der Waals surface area contributed by atoms with E-state index in [2.05, 4.69) is 36.2 Å². The largest absolute Gasteiger partial charge is 0.379 e. The molecule has 0 aliphatic heterocycles. The van der Waals surface area contributed by atoms with Crippen molar-refractivity contribution in [1.29, 1.82) is 0 Å². The van der Waals surface area contributed by atoms with Gasteiger partial charge in [-0.05, 0) is 26.8 Å². The molecule has 0 aromatic carbocycles. The van der Waals surface area contributed by atoms with Gasteiger partial charge in [-0.25, -0.2) is 4.98 Å². The van der Waals surface area contributed by atoms with Crippen molar-refractivity contribution in [3.63, 3.8) is 0 Å². The number of nitrogens with one attached hydrogen (secondary N) is 1. The molecule has 0 bridgehead atoms. The Balaban J connectivity index is 2.40. The van der Waals surface area contributed by atoms with Crippen LogP contribution in [0.3, 0.4) is 0 Å². The molecule has 0 unspecified atom stereocenters. The molecular weight excluding hydrogens is 204 g/mol. The van der Waals surface area contributed by atoms with Crippen molar-refractivity contribution < 1.29 is 4.74 Å². The summed E-state index contributed by atoms with van der Waals surface area (Å²) in [6, 6.07) is 0. The van der Waals surface area contributed by atoms with Gasteiger partial charge in [-0.2, -0.15) is 5.10 Å². The second-order valence-corrected chi connectivity index (χ2v) is 4.42. The van der Waals surface area contributed by atoms with Gasteiger partial charge in [-0.3, -0.25) is 4.68 Å². The molecule has 0 amide bonds. The van der Waals surface area contributed by atoms with Crippen molar-refractivity contribution in [3.8, 4) is 0 Å². The van der Waals surface area contributed by atoms with Crippen LogP contribution in [-0.2, 0) is 17.8 Å². The molecule has 0 saturated carbocycles. The van der Waals surface area contributed by atoms with Crippen LogP contribution in [0.2, 0.25) is 0 Å². The van der Waals surface area contributed by atoms with E-state index in [1.165, 1.54) is 0 Å². The number of methoxy groups -OCH3 is 1. The van der Waals surface area contributed by atoms with Gasteiger partial charge in [0.1, 0.15) is 6.33 Å². The van der Waals surface area contributed by atoms with E-state index in [4.69, 9.17) is 4.74 Å². The zero-order valence-corrected chi connectivity index (χ0v) is 10.7. The fourth-order valence-corrected chi connectivity index (χ4v) is 1.24. The number of hydrogen-bond donors (Lipinski definition) is 1. The summed E-state index contributed by atoms with van der Waals surface area (Å²) in [5.74, 6) is 0.845. The first kappa shape index (κ1) is 13.1. The fraction of sp³-hybridized carbons (Fsp3) is 0.818. The lowest BCUT2D eigenvalue weighted by Crippen LogP contribution is -2.24. The monoisotopic (exact) mass is 226 g/mol. The van der Waals surface area contributed by atoms with Gasteiger partial charge < -0.3 is 10.1 Å². The highest BCUT2D eigenvalue weighted by molar-refractivity contribution is 4.81. The second-order valence-electron chi connectivity index (χ2n) is 4.42. The van der Waals surface area contributed by atoms with E-state index in [9.17, 15) is 0 Å². The first-order chi connectivity index (χ1) is 7.57. The Labute approximate surface area is 97.2 Å². The first-order valence-corrected chi connectivity index (χ1v) is 5.71. The minimum atomic E-state index is -0.103. The Bertz CT molecular complexity index is 309. The van der Waals surface area contributed by atoms with Crippen LogP contribution in [0.5, 0.6) is 0 Å². The van der Waals surface area contributed by atoms with E-state index in [1.54, 1.807) is 13.4 Å². The van der Waals surface area contributed by atoms with Crippen molar-refractivity contribution in [2.45, 2.75) is 45.9 Å². The van der Waals surface area contributed by atoms with Crippen molar-refractivity contribution in [2.24, 2.45) is 0 Å². The summed E-state index contributed by atoms with van der Waals surface area (Å²) in [7, 11) is 1.73. The van der Waals surface area contributed by atoms with Crippen LogP contribution in [0.4, 0.5) is 0 Å².